The monoisotopic (exact) mass is 204 g/mol. The van der Waals surface area contributed by atoms with E-state index in [0.29, 0.717) is 0 Å². The number of allylic oxidation sites excluding steroid dienone is 1. The van der Waals surface area contributed by atoms with Crippen molar-refractivity contribution in [1.29, 1.82) is 0 Å². The maximum Gasteiger partial charge on any atom is 0.327 e. The van der Waals surface area contributed by atoms with E-state index in [9.17, 15) is 9.59 Å². The van der Waals surface area contributed by atoms with Crippen molar-refractivity contribution < 1.29 is 19.8 Å². The predicted molar refractivity (Wildman–Crippen MR) is 46.6 cm³/mol. The first kappa shape index (κ1) is 17.7. The molecule has 6 heteroatoms. The Kier molecular flexibility index (Phi) is 19.7. The number of alkyl halides is 1. The van der Waals surface area contributed by atoms with Gasteiger partial charge in [0.1, 0.15) is 5.88 Å². The molecule has 2 N–H and O–H groups in total. The molecule has 0 aromatic heterocycles. The van der Waals surface area contributed by atoms with Gasteiger partial charge in [-0.1, -0.05) is 6.08 Å². The number of rotatable bonds is 2. The number of carboxylic acid groups (broad SMARTS) is 2. The van der Waals surface area contributed by atoms with Gasteiger partial charge in [0.15, 0.2) is 0 Å². The van der Waals surface area contributed by atoms with Gasteiger partial charge in [-0.2, -0.15) is 0 Å². The van der Waals surface area contributed by atoms with Gasteiger partial charge >= 0.3 is 11.9 Å². The molecule has 12 heavy (non-hydrogen) atoms. The minimum atomic E-state index is -0.980. The van der Waals surface area contributed by atoms with Gasteiger partial charge in [0.05, 0.1) is 0 Å². The molecular formula is C6H9ClMgO4. The van der Waals surface area contributed by atoms with Crippen molar-refractivity contribution in [3.05, 3.63) is 12.2 Å². The first-order valence-corrected chi connectivity index (χ1v) is 3.21. The van der Waals surface area contributed by atoms with Gasteiger partial charge in [0.25, 0.3) is 0 Å². The topological polar surface area (TPSA) is 74.6 Å². The zero-order chi connectivity index (χ0) is 9.28. The third kappa shape index (κ3) is 33.1. The second-order valence-corrected chi connectivity index (χ2v) is 1.63. The van der Waals surface area contributed by atoms with E-state index in [1.807, 2.05) is 0 Å². The maximum atomic E-state index is 9.51. The minimum absolute atomic E-state index is 0. The molecule has 0 aliphatic carbocycles. The summed E-state index contributed by atoms with van der Waals surface area (Å²) in [7, 11) is 0. The molecule has 0 spiro atoms. The first-order chi connectivity index (χ1) is 5.04. The second-order valence-electron chi connectivity index (χ2n) is 1.37. The molecule has 0 saturated heterocycles. The smallest absolute Gasteiger partial charge is 0.327 e. The quantitative estimate of drug-likeness (QED) is 0.392. The van der Waals surface area contributed by atoms with E-state index in [2.05, 4.69) is 0 Å². The van der Waals surface area contributed by atoms with E-state index in [4.69, 9.17) is 21.8 Å². The van der Waals surface area contributed by atoms with Gasteiger partial charge in [-0.15, -0.1) is 11.6 Å². The summed E-state index contributed by atoms with van der Waals surface area (Å²) in [5, 5.41) is 15.4. The molecule has 4 nitrogen and oxygen atoms in total. The minimum Gasteiger partial charge on any atom is -0.480 e. The second kappa shape index (κ2) is 13.3. The normalized spacial score (nSPS) is 7.83. The first-order valence-electron chi connectivity index (χ1n) is 2.68. The Morgan fingerprint density at radius 3 is 1.75 bits per heavy atom. The Hall–Kier alpha value is -0.264. The highest BCUT2D eigenvalue weighted by molar-refractivity contribution is 6.26. The average molecular weight is 205 g/mol. The van der Waals surface area contributed by atoms with Crippen LogP contribution in [0.25, 0.3) is 0 Å². The van der Waals surface area contributed by atoms with E-state index in [1.54, 1.807) is 6.92 Å². The van der Waals surface area contributed by atoms with Gasteiger partial charge in [0, 0.05) is 29.1 Å². The van der Waals surface area contributed by atoms with Crippen molar-refractivity contribution in [2.45, 2.75) is 6.92 Å². The van der Waals surface area contributed by atoms with E-state index >= 15 is 0 Å². The summed E-state index contributed by atoms with van der Waals surface area (Å²) in [5.41, 5.74) is 0. The van der Waals surface area contributed by atoms with Crippen LogP contribution in [0.3, 0.4) is 0 Å². The lowest BCUT2D eigenvalue weighted by molar-refractivity contribution is -0.134. The van der Waals surface area contributed by atoms with Crippen LogP contribution in [-0.4, -0.2) is 51.1 Å². The highest BCUT2D eigenvalue weighted by Gasteiger charge is 1.83. The van der Waals surface area contributed by atoms with E-state index in [0.717, 1.165) is 6.08 Å². The summed E-state index contributed by atoms with van der Waals surface area (Å²) >= 11 is 4.74. The number of carbonyl (C=O) groups is 2. The van der Waals surface area contributed by atoms with Crippen molar-refractivity contribution in [1.82, 2.24) is 0 Å². The van der Waals surface area contributed by atoms with Crippen LogP contribution in [0.1, 0.15) is 6.92 Å². The molecule has 0 aromatic carbocycles. The highest BCUT2D eigenvalue weighted by atomic mass is 35.5. The molecule has 0 fully saturated rings. The van der Waals surface area contributed by atoms with E-state index in [1.165, 1.54) is 6.08 Å². The number of hydrogen-bond acceptors (Lipinski definition) is 2. The van der Waals surface area contributed by atoms with Crippen molar-refractivity contribution in [2.75, 3.05) is 5.88 Å². The molecule has 0 bridgehead atoms. The number of aliphatic carboxylic acids is 2. The lowest BCUT2D eigenvalue weighted by Crippen LogP contribution is -1.92. The Morgan fingerprint density at radius 2 is 1.75 bits per heavy atom. The van der Waals surface area contributed by atoms with Crippen LogP contribution in [0, 0.1) is 0 Å². The Bertz CT molecular complexity index is 158. The summed E-state index contributed by atoms with van der Waals surface area (Å²) in [6.45, 7) is 1.66. The molecule has 0 rings (SSSR count). The van der Waals surface area contributed by atoms with Gasteiger partial charge in [-0.25, -0.2) is 4.79 Å². The molecular weight excluding hydrogens is 196 g/mol. The Morgan fingerprint density at radius 1 is 1.42 bits per heavy atom. The van der Waals surface area contributed by atoms with Crippen LogP contribution in [0.2, 0.25) is 0 Å². The van der Waals surface area contributed by atoms with Crippen molar-refractivity contribution in [3.8, 4) is 0 Å². The number of hydrogen-bond donors (Lipinski definition) is 2. The Labute approximate surface area is 91.4 Å². The molecule has 0 amide bonds. The molecule has 0 aliphatic heterocycles. The molecule has 0 unspecified atom stereocenters. The summed E-state index contributed by atoms with van der Waals surface area (Å²) < 4.78 is 0. The third-order valence-corrected chi connectivity index (χ3v) is 0.652. The van der Waals surface area contributed by atoms with Crippen LogP contribution in [0.5, 0.6) is 0 Å². The van der Waals surface area contributed by atoms with Crippen LogP contribution >= 0.6 is 11.6 Å². The van der Waals surface area contributed by atoms with Crippen LogP contribution < -0.4 is 0 Å². The number of halogens is 1. The Balaban J connectivity index is -0.000000126. The lowest BCUT2D eigenvalue weighted by atomic mass is 10.5. The number of carboxylic acids is 2. The SMILES string of the molecule is CC=CC(=O)O.O=C(O)CCl.[Mg]. The van der Waals surface area contributed by atoms with Crippen LogP contribution in [-0.2, 0) is 9.59 Å². The summed E-state index contributed by atoms with van der Waals surface area (Å²) in [5.74, 6) is -2.18. The van der Waals surface area contributed by atoms with E-state index in [-0.39, 0.29) is 28.9 Å². The van der Waals surface area contributed by atoms with Gasteiger partial charge in [-0.3, -0.25) is 4.79 Å². The molecule has 0 aliphatic rings. The van der Waals surface area contributed by atoms with Gasteiger partial charge in [-0.05, 0) is 6.92 Å². The summed E-state index contributed by atoms with van der Waals surface area (Å²) in [6, 6.07) is 0. The molecule has 2 radical (unpaired) electrons. The average Bonchev–Trinajstić information content (AvgIpc) is 1.89. The van der Waals surface area contributed by atoms with Gasteiger partial charge < -0.3 is 10.2 Å². The maximum absolute atomic E-state index is 9.51. The highest BCUT2D eigenvalue weighted by Crippen LogP contribution is 1.67. The summed E-state index contributed by atoms with van der Waals surface area (Å²) in [4.78, 5) is 18.7. The molecule has 66 valence electrons. The van der Waals surface area contributed by atoms with E-state index < -0.39 is 11.9 Å². The van der Waals surface area contributed by atoms with Crippen molar-refractivity contribution >= 4 is 46.6 Å². The fourth-order valence-electron chi connectivity index (χ4n) is 0.143. The molecule has 0 heterocycles. The largest absolute Gasteiger partial charge is 0.480 e. The van der Waals surface area contributed by atoms with Gasteiger partial charge in [0.2, 0.25) is 0 Å². The fourth-order valence-corrected chi connectivity index (χ4v) is 0.143. The van der Waals surface area contributed by atoms with Crippen LogP contribution in [0.4, 0.5) is 0 Å². The van der Waals surface area contributed by atoms with Crippen molar-refractivity contribution in [2.24, 2.45) is 0 Å². The zero-order valence-corrected chi connectivity index (χ0v) is 8.83. The standard InChI is InChI=1S/C4H6O2.C2H3ClO2.Mg/c1-2-3-4(5)6;3-1-2(4)5;/h2-3H,1H3,(H,5,6);1H2,(H,4,5);. The molecule has 0 saturated carbocycles. The third-order valence-electron chi connectivity index (χ3n) is 0.424. The van der Waals surface area contributed by atoms with Crippen molar-refractivity contribution in [3.63, 3.8) is 0 Å². The lowest BCUT2D eigenvalue weighted by Gasteiger charge is -1.69. The fraction of sp³-hybridized carbons (Fsp3) is 0.333. The molecule has 0 aromatic rings. The van der Waals surface area contributed by atoms with Crippen LogP contribution in [0.15, 0.2) is 12.2 Å². The summed E-state index contributed by atoms with van der Waals surface area (Å²) in [6.07, 6.45) is 2.56. The zero-order valence-electron chi connectivity index (χ0n) is 6.66. The molecule has 0 atom stereocenters. The predicted octanol–water partition coefficient (Wildman–Crippen LogP) is 0.576.